The Labute approximate surface area is 172 Å². The summed E-state index contributed by atoms with van der Waals surface area (Å²) in [7, 11) is 1.46. The van der Waals surface area contributed by atoms with Crippen molar-refractivity contribution in [1.82, 2.24) is 19.8 Å². The maximum absolute atomic E-state index is 13.3. The molecule has 2 N–H and O–H groups in total. The predicted octanol–water partition coefficient (Wildman–Crippen LogP) is 3.71. The normalized spacial score (nSPS) is 21.0. The van der Waals surface area contributed by atoms with Gasteiger partial charge in [0.25, 0.3) is 0 Å². The zero-order chi connectivity index (χ0) is 19.9. The Kier molecular flexibility index (Phi) is 5.64. The minimum absolute atomic E-state index is 0.118. The van der Waals surface area contributed by atoms with Crippen molar-refractivity contribution >= 4 is 45.6 Å². The van der Waals surface area contributed by atoms with Gasteiger partial charge in [0.1, 0.15) is 11.9 Å². The standard InChI is InChI=1S/C19H25IN4O3/c1-10(2)16(23(4)19(26)27)18(25)24-9-11(3)7-15(24)17-21-13-6-5-12(20)8-14(13)22-17/h5-6,8,10-11,15-16H,7,9H2,1-4H3,(H,21,22)(H,26,27)/t11-,15+,16+/m1/s1. The number of aromatic nitrogens is 2. The van der Waals surface area contributed by atoms with Crippen LogP contribution in [0.2, 0.25) is 0 Å². The SMILES string of the molecule is CC(C)[C@@H](C(=O)N1C[C@H](C)C[C@H]1c1nc2cc(I)ccc2[nH]1)N(C)C(=O)O. The number of aromatic amines is 1. The fourth-order valence-corrected chi connectivity index (χ4v) is 4.37. The van der Waals surface area contributed by atoms with Gasteiger partial charge in [0.15, 0.2) is 0 Å². The van der Waals surface area contributed by atoms with Crippen LogP contribution in [0.25, 0.3) is 11.0 Å². The van der Waals surface area contributed by atoms with E-state index >= 15 is 0 Å². The number of hydrogen-bond donors (Lipinski definition) is 2. The summed E-state index contributed by atoms with van der Waals surface area (Å²) in [6.07, 6.45) is -0.284. The number of carbonyl (C=O) groups excluding carboxylic acids is 1. The molecule has 1 aliphatic rings. The highest BCUT2D eigenvalue weighted by molar-refractivity contribution is 14.1. The number of likely N-dealkylation sites (N-methyl/N-ethyl adjacent to an activating group) is 1. The van der Waals surface area contributed by atoms with Crippen molar-refractivity contribution in [3.05, 3.63) is 27.6 Å². The first-order valence-corrected chi connectivity index (χ1v) is 10.2. The molecule has 1 saturated heterocycles. The number of imidazole rings is 1. The van der Waals surface area contributed by atoms with E-state index in [9.17, 15) is 14.7 Å². The fourth-order valence-electron chi connectivity index (χ4n) is 3.89. The molecule has 2 heterocycles. The van der Waals surface area contributed by atoms with Gasteiger partial charge in [0, 0.05) is 17.2 Å². The quantitative estimate of drug-likeness (QED) is 0.648. The van der Waals surface area contributed by atoms with E-state index in [-0.39, 0.29) is 17.9 Å². The molecule has 0 unspecified atom stereocenters. The van der Waals surface area contributed by atoms with E-state index in [2.05, 4.69) is 34.5 Å². The number of rotatable bonds is 4. The summed E-state index contributed by atoms with van der Waals surface area (Å²) in [6, 6.07) is 5.14. The lowest BCUT2D eigenvalue weighted by molar-refractivity contribution is -0.138. The van der Waals surface area contributed by atoms with Crippen LogP contribution in [0.4, 0.5) is 4.79 Å². The van der Waals surface area contributed by atoms with Crippen LogP contribution >= 0.6 is 22.6 Å². The van der Waals surface area contributed by atoms with Gasteiger partial charge in [-0.1, -0.05) is 20.8 Å². The van der Waals surface area contributed by atoms with E-state index in [0.717, 1.165) is 31.7 Å². The van der Waals surface area contributed by atoms with Crippen molar-refractivity contribution in [3.63, 3.8) is 0 Å². The molecule has 0 spiro atoms. The summed E-state index contributed by atoms with van der Waals surface area (Å²) in [4.78, 5) is 35.8. The molecule has 146 valence electrons. The Morgan fingerprint density at radius 3 is 2.74 bits per heavy atom. The van der Waals surface area contributed by atoms with Crippen LogP contribution in [0, 0.1) is 15.4 Å². The van der Waals surface area contributed by atoms with Crippen molar-refractivity contribution < 1.29 is 14.7 Å². The van der Waals surface area contributed by atoms with Crippen molar-refractivity contribution in [2.45, 2.75) is 39.3 Å². The number of nitrogens with zero attached hydrogens (tertiary/aromatic N) is 3. The third kappa shape index (κ3) is 3.90. The molecule has 2 amide bonds. The van der Waals surface area contributed by atoms with E-state index in [1.807, 2.05) is 32.0 Å². The summed E-state index contributed by atoms with van der Waals surface area (Å²) in [6.45, 7) is 6.46. The number of halogens is 1. The number of hydrogen-bond acceptors (Lipinski definition) is 3. The molecule has 8 heteroatoms. The zero-order valence-electron chi connectivity index (χ0n) is 15.9. The maximum atomic E-state index is 13.3. The van der Waals surface area contributed by atoms with Crippen LogP contribution in [0.3, 0.4) is 0 Å². The minimum atomic E-state index is -1.09. The average Bonchev–Trinajstić information content (AvgIpc) is 3.16. The molecule has 3 rings (SSSR count). The molecule has 3 atom stereocenters. The second-order valence-corrected chi connectivity index (χ2v) is 8.96. The molecule has 0 aliphatic carbocycles. The summed E-state index contributed by atoms with van der Waals surface area (Å²) < 4.78 is 1.11. The molecule has 2 aromatic rings. The van der Waals surface area contributed by atoms with Gasteiger partial charge in [-0.25, -0.2) is 9.78 Å². The molecular formula is C19H25IN4O3. The number of likely N-dealkylation sites (tertiary alicyclic amines) is 1. The van der Waals surface area contributed by atoms with Gasteiger partial charge in [-0.15, -0.1) is 0 Å². The number of carboxylic acid groups (broad SMARTS) is 1. The summed E-state index contributed by atoms with van der Waals surface area (Å²) >= 11 is 2.25. The summed E-state index contributed by atoms with van der Waals surface area (Å²) in [5, 5.41) is 9.39. The molecule has 1 aromatic heterocycles. The molecule has 27 heavy (non-hydrogen) atoms. The fraction of sp³-hybridized carbons (Fsp3) is 0.526. The lowest BCUT2D eigenvalue weighted by Gasteiger charge is -2.33. The molecule has 0 bridgehead atoms. The predicted molar refractivity (Wildman–Crippen MR) is 111 cm³/mol. The number of benzene rings is 1. The van der Waals surface area contributed by atoms with Gasteiger partial charge in [-0.05, 0) is 59.0 Å². The van der Waals surface area contributed by atoms with Crippen LogP contribution < -0.4 is 0 Å². The van der Waals surface area contributed by atoms with Crippen molar-refractivity contribution in [3.8, 4) is 0 Å². The zero-order valence-corrected chi connectivity index (χ0v) is 18.1. The van der Waals surface area contributed by atoms with Crippen LogP contribution in [-0.4, -0.2) is 56.5 Å². The van der Waals surface area contributed by atoms with E-state index in [0.29, 0.717) is 12.5 Å². The third-order valence-corrected chi connectivity index (χ3v) is 5.85. The highest BCUT2D eigenvalue weighted by Crippen LogP contribution is 2.36. The van der Waals surface area contributed by atoms with E-state index < -0.39 is 12.1 Å². The van der Waals surface area contributed by atoms with E-state index in [1.165, 1.54) is 7.05 Å². The van der Waals surface area contributed by atoms with Crippen molar-refractivity contribution in [2.24, 2.45) is 11.8 Å². The topological polar surface area (TPSA) is 89.5 Å². The molecule has 0 radical (unpaired) electrons. The number of H-pyrrole nitrogens is 1. The smallest absolute Gasteiger partial charge is 0.407 e. The lowest BCUT2D eigenvalue weighted by Crippen LogP contribution is -2.51. The minimum Gasteiger partial charge on any atom is -0.465 e. The Hall–Kier alpha value is -1.84. The lowest BCUT2D eigenvalue weighted by atomic mass is 10.0. The number of fused-ring (bicyclic) bond motifs is 1. The Morgan fingerprint density at radius 1 is 1.41 bits per heavy atom. The highest BCUT2D eigenvalue weighted by Gasteiger charge is 2.41. The second-order valence-electron chi connectivity index (χ2n) is 7.71. The molecule has 7 nitrogen and oxygen atoms in total. The van der Waals surface area contributed by atoms with Crippen LogP contribution in [-0.2, 0) is 4.79 Å². The van der Waals surface area contributed by atoms with Gasteiger partial charge in [0.05, 0.1) is 17.1 Å². The molecular weight excluding hydrogens is 459 g/mol. The maximum Gasteiger partial charge on any atom is 0.407 e. The van der Waals surface area contributed by atoms with Crippen molar-refractivity contribution in [1.29, 1.82) is 0 Å². The average molecular weight is 484 g/mol. The molecule has 1 aromatic carbocycles. The van der Waals surface area contributed by atoms with Gasteiger partial charge in [-0.2, -0.15) is 0 Å². The highest BCUT2D eigenvalue weighted by atomic mass is 127. The monoisotopic (exact) mass is 484 g/mol. The summed E-state index contributed by atoms with van der Waals surface area (Å²) in [5.74, 6) is 0.826. The van der Waals surface area contributed by atoms with Gasteiger partial charge in [0.2, 0.25) is 5.91 Å². The number of nitrogens with one attached hydrogen (secondary N) is 1. The van der Waals surface area contributed by atoms with Gasteiger partial charge >= 0.3 is 6.09 Å². The summed E-state index contributed by atoms with van der Waals surface area (Å²) in [5.41, 5.74) is 1.83. The molecule has 0 saturated carbocycles. The van der Waals surface area contributed by atoms with Gasteiger partial charge < -0.3 is 15.0 Å². The van der Waals surface area contributed by atoms with Crippen LogP contribution in [0.5, 0.6) is 0 Å². The van der Waals surface area contributed by atoms with E-state index in [4.69, 9.17) is 4.98 Å². The number of amides is 2. The Morgan fingerprint density at radius 2 is 2.11 bits per heavy atom. The first-order valence-electron chi connectivity index (χ1n) is 9.10. The molecule has 1 aliphatic heterocycles. The van der Waals surface area contributed by atoms with Crippen LogP contribution in [0.15, 0.2) is 18.2 Å². The Bertz CT molecular complexity index is 866. The third-order valence-electron chi connectivity index (χ3n) is 5.18. The van der Waals surface area contributed by atoms with Crippen molar-refractivity contribution in [2.75, 3.05) is 13.6 Å². The van der Waals surface area contributed by atoms with Crippen LogP contribution in [0.1, 0.15) is 39.1 Å². The first-order chi connectivity index (χ1) is 12.7. The van der Waals surface area contributed by atoms with Gasteiger partial charge in [-0.3, -0.25) is 9.69 Å². The van der Waals surface area contributed by atoms with E-state index in [1.54, 1.807) is 4.90 Å². The number of carbonyl (C=O) groups is 2. The first kappa shape index (κ1) is 19.9. The molecule has 1 fully saturated rings. The largest absolute Gasteiger partial charge is 0.465 e. The Balaban J connectivity index is 1.94. The second kappa shape index (κ2) is 7.65.